The first-order valence-corrected chi connectivity index (χ1v) is 7.59. The molecule has 2 rings (SSSR count). The third-order valence-corrected chi connectivity index (χ3v) is 4.04. The van der Waals surface area contributed by atoms with Crippen LogP contribution in [0.3, 0.4) is 0 Å². The predicted molar refractivity (Wildman–Crippen MR) is 84.1 cm³/mol. The fourth-order valence-corrected chi connectivity index (χ4v) is 2.77. The first-order chi connectivity index (χ1) is 9.91. The monoisotopic (exact) mass is 287 g/mol. The molecule has 21 heavy (non-hydrogen) atoms. The number of aromatic nitrogens is 2. The van der Waals surface area contributed by atoms with Crippen molar-refractivity contribution in [3.05, 3.63) is 47.6 Å². The molecule has 0 atom stereocenters. The zero-order valence-electron chi connectivity index (χ0n) is 13.4. The minimum Gasteiger partial charge on any atom is -0.339 e. The van der Waals surface area contributed by atoms with E-state index in [0.29, 0.717) is 12.3 Å². The topological polar surface area (TPSA) is 64.9 Å². The summed E-state index contributed by atoms with van der Waals surface area (Å²) in [6.07, 6.45) is 2.44. The molecule has 4 nitrogen and oxygen atoms in total. The predicted octanol–water partition coefficient (Wildman–Crippen LogP) is 3.46. The molecule has 0 aliphatic carbocycles. The van der Waals surface area contributed by atoms with Gasteiger partial charge in [0.05, 0.1) is 5.41 Å². The summed E-state index contributed by atoms with van der Waals surface area (Å²) in [6.45, 7) is 8.25. The zero-order chi connectivity index (χ0) is 15.5. The Balaban J connectivity index is 2.40. The molecule has 1 heterocycles. The molecular weight excluding hydrogens is 262 g/mol. The maximum absolute atomic E-state index is 6.03. The molecule has 0 fully saturated rings. The van der Waals surface area contributed by atoms with Crippen LogP contribution >= 0.6 is 0 Å². The van der Waals surface area contributed by atoms with E-state index in [1.165, 1.54) is 5.56 Å². The van der Waals surface area contributed by atoms with Crippen LogP contribution in [-0.2, 0) is 11.8 Å². The van der Waals surface area contributed by atoms with Gasteiger partial charge in [-0.3, -0.25) is 0 Å². The van der Waals surface area contributed by atoms with Gasteiger partial charge in [0.15, 0.2) is 5.82 Å². The summed E-state index contributed by atoms with van der Waals surface area (Å²) < 4.78 is 5.43. The van der Waals surface area contributed by atoms with Gasteiger partial charge in [0.25, 0.3) is 0 Å². The molecule has 2 N–H and O–H groups in total. The molecule has 0 bridgehead atoms. The van der Waals surface area contributed by atoms with E-state index < -0.39 is 0 Å². The second-order valence-electron chi connectivity index (χ2n) is 6.33. The highest BCUT2D eigenvalue weighted by Gasteiger charge is 2.35. The van der Waals surface area contributed by atoms with Crippen LogP contribution in [0.1, 0.15) is 57.8 Å². The van der Waals surface area contributed by atoms with Gasteiger partial charge in [-0.1, -0.05) is 49.3 Å². The van der Waals surface area contributed by atoms with Gasteiger partial charge in [0.1, 0.15) is 0 Å². The smallest absolute Gasteiger partial charge is 0.228 e. The van der Waals surface area contributed by atoms with E-state index >= 15 is 0 Å². The van der Waals surface area contributed by atoms with E-state index in [-0.39, 0.29) is 11.0 Å². The van der Waals surface area contributed by atoms with Crippen LogP contribution in [0.4, 0.5) is 0 Å². The van der Waals surface area contributed by atoms with Crippen LogP contribution in [0.25, 0.3) is 0 Å². The minimum atomic E-state index is -0.350. The van der Waals surface area contributed by atoms with Gasteiger partial charge in [-0.05, 0) is 32.3 Å². The lowest BCUT2D eigenvalue weighted by atomic mass is 9.75. The van der Waals surface area contributed by atoms with Crippen LogP contribution < -0.4 is 5.73 Å². The molecule has 0 unspecified atom stereocenters. The van der Waals surface area contributed by atoms with Crippen molar-refractivity contribution >= 4 is 0 Å². The molecule has 0 radical (unpaired) electrons. The van der Waals surface area contributed by atoms with Gasteiger partial charge in [0, 0.05) is 12.0 Å². The average molecular weight is 287 g/mol. The van der Waals surface area contributed by atoms with Crippen molar-refractivity contribution in [1.29, 1.82) is 0 Å². The summed E-state index contributed by atoms with van der Waals surface area (Å²) in [6, 6.07) is 10.4. The Hall–Kier alpha value is -1.68. The van der Waals surface area contributed by atoms with E-state index in [1.54, 1.807) is 0 Å². The van der Waals surface area contributed by atoms with Crippen molar-refractivity contribution in [3.63, 3.8) is 0 Å². The second kappa shape index (κ2) is 5.98. The summed E-state index contributed by atoms with van der Waals surface area (Å²) in [7, 11) is 0. The van der Waals surface area contributed by atoms with Gasteiger partial charge < -0.3 is 10.3 Å². The van der Waals surface area contributed by atoms with Gasteiger partial charge in [-0.2, -0.15) is 4.98 Å². The van der Waals surface area contributed by atoms with E-state index in [1.807, 2.05) is 19.9 Å². The van der Waals surface area contributed by atoms with Crippen LogP contribution in [0.15, 0.2) is 34.9 Å². The fourth-order valence-electron chi connectivity index (χ4n) is 2.77. The van der Waals surface area contributed by atoms with E-state index in [0.717, 1.165) is 18.7 Å². The molecule has 1 aromatic heterocycles. The summed E-state index contributed by atoms with van der Waals surface area (Å²) in [5, 5.41) is 4.25. The van der Waals surface area contributed by atoms with E-state index in [4.69, 9.17) is 10.3 Å². The number of nitrogens with two attached hydrogens (primary N) is 1. The normalized spacial score (nSPS) is 12.6. The standard InChI is InChI=1S/C17H25N3O/c1-5-17(6-2,13-10-8-7-9-11-13)15-19-14(21-20-15)12-16(3,4)18/h7-11H,5-6,12,18H2,1-4H3. The summed E-state index contributed by atoms with van der Waals surface area (Å²) in [5.74, 6) is 1.37. The molecule has 0 aliphatic rings. The van der Waals surface area contributed by atoms with Crippen molar-refractivity contribution in [2.75, 3.05) is 0 Å². The number of benzene rings is 1. The number of rotatable bonds is 6. The summed E-state index contributed by atoms with van der Waals surface area (Å²) >= 11 is 0. The Morgan fingerprint density at radius 1 is 1.10 bits per heavy atom. The highest BCUT2D eigenvalue weighted by Crippen LogP contribution is 2.37. The lowest BCUT2D eigenvalue weighted by molar-refractivity contribution is 0.334. The Morgan fingerprint density at radius 3 is 2.24 bits per heavy atom. The minimum absolute atomic E-state index is 0.193. The molecule has 4 heteroatoms. The lowest BCUT2D eigenvalue weighted by Gasteiger charge is -2.28. The molecule has 0 aliphatic heterocycles. The molecule has 0 saturated heterocycles. The number of nitrogens with zero attached hydrogens (tertiary/aromatic N) is 2. The highest BCUT2D eigenvalue weighted by molar-refractivity contribution is 5.32. The summed E-state index contributed by atoms with van der Waals surface area (Å²) in [4.78, 5) is 4.63. The molecule has 114 valence electrons. The van der Waals surface area contributed by atoms with Crippen LogP contribution in [0.2, 0.25) is 0 Å². The molecule has 0 spiro atoms. The number of hydrogen-bond donors (Lipinski definition) is 1. The maximum atomic E-state index is 6.03. The molecule has 2 aromatic rings. The van der Waals surface area contributed by atoms with Gasteiger partial charge >= 0.3 is 0 Å². The van der Waals surface area contributed by atoms with Gasteiger partial charge in [-0.25, -0.2) is 0 Å². The van der Waals surface area contributed by atoms with Gasteiger partial charge in [0.2, 0.25) is 5.89 Å². The number of hydrogen-bond acceptors (Lipinski definition) is 4. The summed E-state index contributed by atoms with van der Waals surface area (Å²) in [5.41, 5.74) is 6.72. The molecule has 1 aromatic carbocycles. The van der Waals surface area contributed by atoms with Crippen LogP contribution in [0, 0.1) is 0 Å². The Labute approximate surface area is 126 Å². The van der Waals surface area contributed by atoms with Crippen molar-refractivity contribution in [2.45, 2.75) is 57.9 Å². The van der Waals surface area contributed by atoms with E-state index in [9.17, 15) is 0 Å². The first-order valence-electron chi connectivity index (χ1n) is 7.59. The van der Waals surface area contributed by atoms with Crippen molar-refractivity contribution in [1.82, 2.24) is 10.1 Å². The van der Waals surface area contributed by atoms with Crippen molar-refractivity contribution in [3.8, 4) is 0 Å². The zero-order valence-corrected chi connectivity index (χ0v) is 13.4. The fraction of sp³-hybridized carbons (Fsp3) is 0.529. The SMILES string of the molecule is CCC(CC)(c1ccccc1)c1noc(CC(C)(C)N)n1. The molecular formula is C17H25N3O. The second-order valence-corrected chi connectivity index (χ2v) is 6.33. The Kier molecular flexibility index (Phi) is 4.47. The molecule has 0 saturated carbocycles. The highest BCUT2D eigenvalue weighted by atomic mass is 16.5. The Bertz CT molecular complexity index is 565. The van der Waals surface area contributed by atoms with Crippen molar-refractivity contribution in [2.24, 2.45) is 5.73 Å². The average Bonchev–Trinajstić information content (AvgIpc) is 2.89. The molecule has 0 amide bonds. The lowest BCUT2D eigenvalue weighted by Crippen LogP contribution is -2.34. The van der Waals surface area contributed by atoms with Crippen molar-refractivity contribution < 1.29 is 4.52 Å². The van der Waals surface area contributed by atoms with Crippen LogP contribution in [0.5, 0.6) is 0 Å². The maximum Gasteiger partial charge on any atom is 0.228 e. The van der Waals surface area contributed by atoms with E-state index in [2.05, 4.69) is 48.3 Å². The quantitative estimate of drug-likeness (QED) is 0.883. The van der Waals surface area contributed by atoms with Gasteiger partial charge in [-0.15, -0.1) is 0 Å². The third-order valence-electron chi connectivity index (χ3n) is 4.04. The Morgan fingerprint density at radius 2 is 1.71 bits per heavy atom. The van der Waals surface area contributed by atoms with Crippen LogP contribution in [-0.4, -0.2) is 15.7 Å². The largest absolute Gasteiger partial charge is 0.339 e. The third kappa shape index (κ3) is 3.32. The first kappa shape index (κ1) is 15.7.